The number of para-hydroxylation sites is 3. The molecule has 2 amide bonds. The second-order valence-corrected chi connectivity index (χ2v) is 6.08. The van der Waals surface area contributed by atoms with E-state index in [2.05, 4.69) is 5.32 Å². The largest absolute Gasteiger partial charge is 0.495 e. The van der Waals surface area contributed by atoms with Crippen molar-refractivity contribution in [1.82, 2.24) is 0 Å². The predicted octanol–water partition coefficient (Wildman–Crippen LogP) is 3.25. The van der Waals surface area contributed by atoms with E-state index in [0.29, 0.717) is 18.0 Å². The van der Waals surface area contributed by atoms with Crippen LogP contribution >= 0.6 is 0 Å². The standard InChI is InChI=1S/C20H22N2O3/c1-3-14-8-4-5-9-16(14)21-20(24)15-12-19(23)22(13-15)17-10-6-7-11-18(17)25-2/h4-11,15H,3,12-13H2,1-2H3,(H,21,24)/t15-/m1/s1. The van der Waals surface area contributed by atoms with E-state index in [1.54, 1.807) is 12.0 Å². The first-order valence-electron chi connectivity index (χ1n) is 8.46. The van der Waals surface area contributed by atoms with Crippen molar-refractivity contribution >= 4 is 23.2 Å². The van der Waals surface area contributed by atoms with Gasteiger partial charge in [-0.05, 0) is 30.2 Å². The Morgan fingerprint density at radius 2 is 1.92 bits per heavy atom. The second-order valence-electron chi connectivity index (χ2n) is 6.08. The van der Waals surface area contributed by atoms with Crippen molar-refractivity contribution in [3.05, 3.63) is 54.1 Å². The van der Waals surface area contributed by atoms with Gasteiger partial charge in [-0.25, -0.2) is 0 Å². The highest BCUT2D eigenvalue weighted by Crippen LogP contribution is 2.33. The minimum absolute atomic E-state index is 0.0616. The lowest BCUT2D eigenvalue weighted by atomic mass is 10.1. The van der Waals surface area contributed by atoms with Gasteiger partial charge in [-0.15, -0.1) is 0 Å². The van der Waals surface area contributed by atoms with E-state index in [9.17, 15) is 9.59 Å². The summed E-state index contributed by atoms with van der Waals surface area (Å²) in [5.74, 6) is 0.0793. The molecule has 0 unspecified atom stereocenters. The molecule has 1 aliphatic heterocycles. The molecule has 0 aromatic heterocycles. The molecule has 2 aromatic carbocycles. The summed E-state index contributed by atoms with van der Waals surface area (Å²) in [6, 6.07) is 15.1. The molecule has 1 atom stereocenters. The predicted molar refractivity (Wildman–Crippen MR) is 97.9 cm³/mol. The molecule has 2 aromatic rings. The molecule has 5 heteroatoms. The lowest BCUT2D eigenvalue weighted by Gasteiger charge is -2.19. The van der Waals surface area contributed by atoms with E-state index in [1.807, 2.05) is 55.5 Å². The molecule has 1 heterocycles. The zero-order valence-corrected chi connectivity index (χ0v) is 14.5. The fourth-order valence-electron chi connectivity index (χ4n) is 3.15. The molecule has 0 bridgehead atoms. The van der Waals surface area contributed by atoms with Crippen LogP contribution in [0.25, 0.3) is 0 Å². The van der Waals surface area contributed by atoms with Gasteiger partial charge in [0, 0.05) is 18.7 Å². The summed E-state index contributed by atoms with van der Waals surface area (Å²) in [4.78, 5) is 26.7. The number of aryl methyl sites for hydroxylation is 1. The first-order valence-corrected chi connectivity index (χ1v) is 8.46. The zero-order valence-electron chi connectivity index (χ0n) is 14.5. The molecular formula is C20H22N2O3. The molecule has 1 saturated heterocycles. The molecular weight excluding hydrogens is 316 g/mol. The van der Waals surface area contributed by atoms with E-state index in [1.165, 1.54) is 0 Å². The molecule has 0 radical (unpaired) electrons. The molecule has 1 aliphatic rings. The Hall–Kier alpha value is -2.82. The minimum atomic E-state index is -0.373. The van der Waals surface area contributed by atoms with E-state index in [0.717, 1.165) is 17.7 Å². The van der Waals surface area contributed by atoms with Crippen LogP contribution in [0.4, 0.5) is 11.4 Å². The van der Waals surface area contributed by atoms with Crippen molar-refractivity contribution in [3.63, 3.8) is 0 Å². The summed E-state index contributed by atoms with van der Waals surface area (Å²) in [6.07, 6.45) is 1.05. The van der Waals surface area contributed by atoms with Gasteiger partial charge in [-0.3, -0.25) is 9.59 Å². The van der Waals surface area contributed by atoms with Crippen molar-refractivity contribution in [3.8, 4) is 5.75 Å². The van der Waals surface area contributed by atoms with Crippen LogP contribution in [0.5, 0.6) is 5.75 Å². The van der Waals surface area contributed by atoms with Gasteiger partial charge in [-0.2, -0.15) is 0 Å². The highest BCUT2D eigenvalue weighted by atomic mass is 16.5. The van der Waals surface area contributed by atoms with E-state index in [4.69, 9.17) is 4.74 Å². The number of carbonyl (C=O) groups excluding carboxylic acids is 2. The molecule has 1 N–H and O–H groups in total. The third kappa shape index (κ3) is 3.50. The average Bonchev–Trinajstić information content (AvgIpc) is 3.03. The van der Waals surface area contributed by atoms with Crippen LogP contribution in [0.2, 0.25) is 0 Å². The SMILES string of the molecule is CCc1ccccc1NC(=O)[C@@H]1CC(=O)N(c2ccccc2OC)C1. The Morgan fingerprint density at radius 1 is 1.20 bits per heavy atom. The number of methoxy groups -OCH3 is 1. The van der Waals surface area contributed by atoms with Gasteiger partial charge in [0.1, 0.15) is 5.75 Å². The van der Waals surface area contributed by atoms with Gasteiger partial charge in [0.15, 0.2) is 0 Å². The molecule has 0 saturated carbocycles. The number of carbonyl (C=O) groups is 2. The third-order valence-corrected chi connectivity index (χ3v) is 4.53. The zero-order chi connectivity index (χ0) is 17.8. The molecule has 3 rings (SSSR count). The topological polar surface area (TPSA) is 58.6 Å². The molecule has 1 fully saturated rings. The Labute approximate surface area is 147 Å². The van der Waals surface area contributed by atoms with E-state index >= 15 is 0 Å². The van der Waals surface area contributed by atoms with Gasteiger partial charge in [-0.1, -0.05) is 37.3 Å². The van der Waals surface area contributed by atoms with Crippen LogP contribution in [-0.2, 0) is 16.0 Å². The normalized spacial score (nSPS) is 16.8. The second kappa shape index (κ2) is 7.38. The number of anilines is 2. The summed E-state index contributed by atoms with van der Waals surface area (Å²) in [7, 11) is 1.57. The number of ether oxygens (including phenoxy) is 1. The summed E-state index contributed by atoms with van der Waals surface area (Å²) < 4.78 is 5.33. The number of rotatable bonds is 5. The van der Waals surface area contributed by atoms with Crippen LogP contribution in [0.15, 0.2) is 48.5 Å². The van der Waals surface area contributed by atoms with Gasteiger partial charge in [0.2, 0.25) is 11.8 Å². The fourth-order valence-corrected chi connectivity index (χ4v) is 3.15. The monoisotopic (exact) mass is 338 g/mol. The van der Waals surface area contributed by atoms with Crippen LogP contribution in [0.3, 0.4) is 0 Å². The van der Waals surface area contributed by atoms with Crippen LogP contribution in [0.1, 0.15) is 18.9 Å². The number of nitrogens with one attached hydrogen (secondary N) is 1. The summed E-state index contributed by atoms with van der Waals surface area (Å²) in [6.45, 7) is 2.41. The molecule has 0 spiro atoms. The number of hydrogen-bond donors (Lipinski definition) is 1. The summed E-state index contributed by atoms with van der Waals surface area (Å²) in [5.41, 5.74) is 2.61. The third-order valence-electron chi connectivity index (χ3n) is 4.53. The number of benzene rings is 2. The van der Waals surface area contributed by atoms with E-state index < -0.39 is 0 Å². The Kier molecular flexibility index (Phi) is 5.03. The minimum Gasteiger partial charge on any atom is -0.495 e. The van der Waals surface area contributed by atoms with Gasteiger partial charge < -0.3 is 15.0 Å². The molecule has 0 aliphatic carbocycles. The van der Waals surface area contributed by atoms with Crippen molar-refractivity contribution < 1.29 is 14.3 Å². The van der Waals surface area contributed by atoms with Gasteiger partial charge in [0.05, 0.1) is 18.7 Å². The maximum atomic E-state index is 12.6. The van der Waals surface area contributed by atoms with Crippen LogP contribution in [0, 0.1) is 5.92 Å². The molecule has 25 heavy (non-hydrogen) atoms. The first kappa shape index (κ1) is 17.0. The van der Waals surface area contributed by atoms with Gasteiger partial charge >= 0.3 is 0 Å². The Balaban J connectivity index is 1.75. The van der Waals surface area contributed by atoms with Crippen LogP contribution in [-0.4, -0.2) is 25.5 Å². The van der Waals surface area contributed by atoms with Crippen molar-refractivity contribution in [2.45, 2.75) is 19.8 Å². The van der Waals surface area contributed by atoms with Gasteiger partial charge in [0.25, 0.3) is 0 Å². The maximum absolute atomic E-state index is 12.6. The molecule has 5 nitrogen and oxygen atoms in total. The summed E-state index contributed by atoms with van der Waals surface area (Å²) in [5, 5.41) is 2.98. The lowest BCUT2D eigenvalue weighted by Crippen LogP contribution is -2.28. The van der Waals surface area contributed by atoms with Crippen LogP contribution < -0.4 is 15.0 Å². The maximum Gasteiger partial charge on any atom is 0.229 e. The van der Waals surface area contributed by atoms with Crippen molar-refractivity contribution in [2.75, 3.05) is 23.9 Å². The number of nitrogens with zero attached hydrogens (tertiary/aromatic N) is 1. The number of amides is 2. The van der Waals surface area contributed by atoms with Crippen molar-refractivity contribution in [1.29, 1.82) is 0 Å². The smallest absolute Gasteiger partial charge is 0.229 e. The average molecular weight is 338 g/mol. The summed E-state index contributed by atoms with van der Waals surface area (Å²) >= 11 is 0. The number of hydrogen-bond acceptors (Lipinski definition) is 3. The highest BCUT2D eigenvalue weighted by molar-refractivity contribution is 6.04. The Morgan fingerprint density at radius 3 is 2.68 bits per heavy atom. The fraction of sp³-hybridized carbons (Fsp3) is 0.300. The highest BCUT2D eigenvalue weighted by Gasteiger charge is 2.36. The Bertz CT molecular complexity index is 788. The molecule has 130 valence electrons. The van der Waals surface area contributed by atoms with E-state index in [-0.39, 0.29) is 24.2 Å². The van der Waals surface area contributed by atoms with Crippen molar-refractivity contribution in [2.24, 2.45) is 5.92 Å². The first-order chi connectivity index (χ1) is 12.1. The quantitative estimate of drug-likeness (QED) is 0.910. The lowest BCUT2D eigenvalue weighted by molar-refractivity contribution is -0.122.